The fourth-order valence-corrected chi connectivity index (χ4v) is 3.79. The number of nitrogens with zero attached hydrogens (tertiary/aromatic N) is 5. The van der Waals surface area contributed by atoms with Crippen molar-refractivity contribution in [2.45, 2.75) is 33.5 Å². The van der Waals surface area contributed by atoms with Crippen LogP contribution in [-0.4, -0.2) is 33.2 Å². The normalized spacial score (nSPS) is 14.0. The lowest BCUT2D eigenvalue weighted by molar-refractivity contribution is 0.187. The summed E-state index contributed by atoms with van der Waals surface area (Å²) in [5.41, 5.74) is 3.39. The summed E-state index contributed by atoms with van der Waals surface area (Å²) in [4.78, 5) is 26.7. The molecule has 0 bridgehead atoms. The molecule has 0 saturated heterocycles. The number of aryl methyl sites for hydroxylation is 1. The summed E-state index contributed by atoms with van der Waals surface area (Å²) >= 11 is 0. The zero-order valence-electron chi connectivity index (χ0n) is 17.0. The Morgan fingerprint density at radius 1 is 1.10 bits per heavy atom. The van der Waals surface area contributed by atoms with Gasteiger partial charge >= 0.3 is 0 Å². The van der Waals surface area contributed by atoms with Crippen LogP contribution in [0.15, 0.2) is 53.5 Å². The van der Waals surface area contributed by atoms with E-state index in [2.05, 4.69) is 9.88 Å². The number of para-hydroxylation sites is 2. The van der Waals surface area contributed by atoms with Crippen LogP contribution in [0.4, 0.5) is 11.6 Å². The highest BCUT2D eigenvalue weighted by atomic mass is 16.5. The molecule has 7 heteroatoms. The van der Waals surface area contributed by atoms with Gasteiger partial charge in [-0.2, -0.15) is 0 Å². The molecule has 0 atom stereocenters. The Balaban J connectivity index is 1.83. The van der Waals surface area contributed by atoms with Gasteiger partial charge in [0.2, 0.25) is 5.95 Å². The Morgan fingerprint density at radius 3 is 2.62 bits per heavy atom. The second-order valence-corrected chi connectivity index (χ2v) is 7.10. The smallest absolute Gasteiger partial charge is 0.259 e. The maximum Gasteiger partial charge on any atom is 0.259 e. The van der Waals surface area contributed by atoms with Gasteiger partial charge < -0.3 is 4.74 Å². The lowest BCUT2D eigenvalue weighted by atomic mass is 10.2. The highest BCUT2D eigenvalue weighted by molar-refractivity contribution is 5.66. The molecule has 0 amide bonds. The Labute approximate surface area is 170 Å². The van der Waals surface area contributed by atoms with E-state index in [9.17, 15) is 4.79 Å². The second-order valence-electron chi connectivity index (χ2n) is 7.10. The van der Waals surface area contributed by atoms with E-state index in [1.807, 2.05) is 61.2 Å². The Morgan fingerprint density at radius 2 is 1.90 bits per heavy atom. The molecule has 0 fully saturated rings. The molecule has 2 aromatic heterocycles. The lowest BCUT2D eigenvalue weighted by Crippen LogP contribution is -2.47. The first-order valence-electron chi connectivity index (χ1n) is 9.75. The van der Waals surface area contributed by atoms with Crippen molar-refractivity contribution in [3.05, 3.63) is 76.0 Å². The molecular formula is C22H25N5O2. The molecule has 0 unspecified atom stereocenters. The largest absolute Gasteiger partial charge is 0.495 e. The Hall–Kier alpha value is -3.19. The van der Waals surface area contributed by atoms with E-state index in [0.717, 1.165) is 28.4 Å². The van der Waals surface area contributed by atoms with Gasteiger partial charge in [-0.3, -0.25) is 24.1 Å². The average Bonchev–Trinajstić information content (AvgIpc) is 2.75. The molecular weight excluding hydrogens is 366 g/mol. The molecule has 29 heavy (non-hydrogen) atoms. The fraction of sp³-hybridized carbons (Fsp3) is 0.318. The van der Waals surface area contributed by atoms with Crippen LogP contribution in [0.5, 0.6) is 5.75 Å². The maximum absolute atomic E-state index is 13.2. The van der Waals surface area contributed by atoms with Crippen LogP contribution in [0.25, 0.3) is 0 Å². The van der Waals surface area contributed by atoms with Crippen molar-refractivity contribution < 1.29 is 4.74 Å². The van der Waals surface area contributed by atoms with E-state index in [0.29, 0.717) is 32.3 Å². The molecule has 0 aliphatic carbocycles. The van der Waals surface area contributed by atoms with Gasteiger partial charge in [-0.15, -0.1) is 0 Å². The summed E-state index contributed by atoms with van der Waals surface area (Å²) in [7, 11) is 1.65. The summed E-state index contributed by atoms with van der Waals surface area (Å²) in [5.74, 6) is 1.39. The highest BCUT2D eigenvalue weighted by Crippen LogP contribution is 2.34. The summed E-state index contributed by atoms with van der Waals surface area (Å²) in [6.45, 7) is 5.57. The Kier molecular flexibility index (Phi) is 5.31. The zero-order chi connectivity index (χ0) is 20.4. The number of benzene rings is 1. The van der Waals surface area contributed by atoms with Gasteiger partial charge in [0, 0.05) is 24.0 Å². The minimum absolute atomic E-state index is 0.0145. The summed E-state index contributed by atoms with van der Waals surface area (Å²) < 4.78 is 7.34. The highest BCUT2D eigenvalue weighted by Gasteiger charge is 2.29. The topological polar surface area (TPSA) is 63.5 Å². The minimum atomic E-state index is 0.0145. The molecule has 0 spiro atoms. The predicted octanol–water partition coefficient (Wildman–Crippen LogP) is 3.09. The summed E-state index contributed by atoms with van der Waals surface area (Å²) in [6.07, 6.45) is 2.45. The number of pyridine rings is 1. The second kappa shape index (κ2) is 8.05. The predicted molar refractivity (Wildman–Crippen MR) is 112 cm³/mol. The number of methoxy groups -OCH3 is 1. The van der Waals surface area contributed by atoms with Crippen LogP contribution in [0.2, 0.25) is 0 Å². The van der Waals surface area contributed by atoms with E-state index < -0.39 is 0 Å². The number of ether oxygens (including phenoxy) is 1. The standard InChI is InChI=1S/C22H25N5O2/c1-4-18-16(2)24-22-26(19-10-5-6-11-20(19)29-3)14-25(15-27(22)21(18)28)13-17-9-7-8-12-23-17/h5-12H,4,13-15H2,1-3H3. The van der Waals surface area contributed by atoms with Crippen LogP contribution < -0.4 is 15.2 Å². The molecule has 0 saturated carbocycles. The van der Waals surface area contributed by atoms with Crippen LogP contribution in [0.3, 0.4) is 0 Å². The van der Waals surface area contributed by atoms with Crippen LogP contribution in [0, 0.1) is 6.92 Å². The minimum Gasteiger partial charge on any atom is -0.495 e. The third-order valence-electron chi connectivity index (χ3n) is 5.21. The fourth-order valence-electron chi connectivity index (χ4n) is 3.79. The molecule has 3 aromatic rings. The van der Waals surface area contributed by atoms with E-state index in [-0.39, 0.29) is 5.56 Å². The first-order valence-corrected chi connectivity index (χ1v) is 9.75. The molecule has 1 aliphatic rings. The van der Waals surface area contributed by atoms with Crippen LogP contribution in [0.1, 0.15) is 23.9 Å². The molecule has 0 N–H and O–H groups in total. The van der Waals surface area contributed by atoms with Gasteiger partial charge in [0.15, 0.2) is 0 Å². The van der Waals surface area contributed by atoms with Crippen molar-refractivity contribution in [3.8, 4) is 5.75 Å². The number of hydrogen-bond acceptors (Lipinski definition) is 6. The third kappa shape index (κ3) is 3.61. The monoisotopic (exact) mass is 391 g/mol. The molecule has 0 radical (unpaired) electrons. The van der Waals surface area contributed by atoms with Crippen molar-refractivity contribution in [3.63, 3.8) is 0 Å². The molecule has 7 nitrogen and oxygen atoms in total. The zero-order valence-corrected chi connectivity index (χ0v) is 17.0. The molecule has 150 valence electrons. The number of hydrogen-bond donors (Lipinski definition) is 0. The van der Waals surface area contributed by atoms with Gasteiger partial charge in [-0.05, 0) is 37.6 Å². The van der Waals surface area contributed by atoms with E-state index in [4.69, 9.17) is 9.72 Å². The van der Waals surface area contributed by atoms with Crippen LogP contribution >= 0.6 is 0 Å². The third-order valence-corrected chi connectivity index (χ3v) is 5.21. The molecule has 1 aromatic carbocycles. The maximum atomic E-state index is 13.2. The number of anilines is 2. The van der Waals surface area contributed by atoms with Crippen molar-refractivity contribution >= 4 is 11.6 Å². The van der Waals surface area contributed by atoms with Gasteiger partial charge in [-0.25, -0.2) is 4.98 Å². The van der Waals surface area contributed by atoms with Crippen molar-refractivity contribution in [2.24, 2.45) is 0 Å². The number of rotatable bonds is 5. The summed E-state index contributed by atoms with van der Waals surface area (Å²) in [6, 6.07) is 13.7. The van der Waals surface area contributed by atoms with Crippen molar-refractivity contribution in [1.29, 1.82) is 0 Å². The number of fused-ring (bicyclic) bond motifs is 1. The first kappa shape index (κ1) is 19.1. The SMILES string of the molecule is CCc1c(C)nc2n(c1=O)CN(Cc1ccccn1)CN2c1ccccc1OC. The lowest BCUT2D eigenvalue weighted by Gasteiger charge is -2.38. The first-order chi connectivity index (χ1) is 14.1. The quantitative estimate of drug-likeness (QED) is 0.666. The van der Waals surface area contributed by atoms with Crippen LogP contribution in [-0.2, 0) is 19.6 Å². The molecule has 1 aliphatic heterocycles. The molecule has 3 heterocycles. The van der Waals surface area contributed by atoms with E-state index in [1.165, 1.54) is 0 Å². The van der Waals surface area contributed by atoms with Gasteiger partial charge in [0.1, 0.15) is 5.75 Å². The molecule has 4 rings (SSSR count). The van der Waals surface area contributed by atoms with E-state index >= 15 is 0 Å². The number of aromatic nitrogens is 3. The van der Waals surface area contributed by atoms with Gasteiger partial charge in [-0.1, -0.05) is 25.1 Å². The van der Waals surface area contributed by atoms with Crippen molar-refractivity contribution in [1.82, 2.24) is 19.4 Å². The summed E-state index contributed by atoms with van der Waals surface area (Å²) in [5, 5.41) is 0. The Bertz CT molecular complexity index is 1060. The van der Waals surface area contributed by atoms with E-state index in [1.54, 1.807) is 17.9 Å². The van der Waals surface area contributed by atoms with Crippen molar-refractivity contribution in [2.75, 3.05) is 18.7 Å². The van der Waals surface area contributed by atoms with Gasteiger partial charge in [0.25, 0.3) is 5.56 Å². The van der Waals surface area contributed by atoms with Gasteiger partial charge in [0.05, 0.1) is 31.8 Å². The average molecular weight is 391 g/mol.